The van der Waals surface area contributed by atoms with Crippen LogP contribution in [0.1, 0.15) is 10.4 Å². The molecular weight excluding hydrogens is 228 g/mol. The number of pyridine rings is 1. The van der Waals surface area contributed by atoms with Gasteiger partial charge in [-0.1, -0.05) is 18.2 Å². The van der Waals surface area contributed by atoms with Crippen LogP contribution in [-0.2, 0) is 0 Å². The van der Waals surface area contributed by atoms with E-state index in [-0.39, 0.29) is 5.56 Å². The summed E-state index contributed by atoms with van der Waals surface area (Å²) in [6, 6.07) is 12.7. The normalized spacial score (nSPS) is 10.7. The Bertz CT molecular complexity index is 714. The minimum atomic E-state index is -0.914. The molecule has 2 heterocycles. The van der Waals surface area contributed by atoms with E-state index in [0.717, 1.165) is 16.8 Å². The van der Waals surface area contributed by atoms with Crippen LogP contribution >= 0.6 is 0 Å². The molecule has 0 fully saturated rings. The Morgan fingerprint density at radius 1 is 1.11 bits per heavy atom. The Labute approximate surface area is 103 Å². The van der Waals surface area contributed by atoms with Crippen molar-refractivity contribution >= 4 is 11.5 Å². The van der Waals surface area contributed by atoms with Crippen molar-refractivity contribution in [3.8, 4) is 11.3 Å². The van der Waals surface area contributed by atoms with E-state index in [0.29, 0.717) is 0 Å². The predicted octanol–water partition coefficient (Wildman–Crippen LogP) is 2.70. The highest BCUT2D eigenvalue weighted by atomic mass is 16.4. The predicted molar refractivity (Wildman–Crippen MR) is 67.6 cm³/mol. The number of rotatable bonds is 2. The zero-order valence-corrected chi connectivity index (χ0v) is 9.45. The quantitative estimate of drug-likeness (QED) is 0.746. The number of nitrogens with zero attached hydrogens (tertiary/aromatic N) is 2. The van der Waals surface area contributed by atoms with Crippen LogP contribution in [0.15, 0.2) is 55.0 Å². The SMILES string of the molecule is O=C(O)c1ccc(-c2cccc3cncn23)cc1. The fraction of sp³-hybridized carbons (Fsp3) is 0. The molecule has 0 spiro atoms. The van der Waals surface area contributed by atoms with Crippen molar-refractivity contribution in [2.24, 2.45) is 0 Å². The van der Waals surface area contributed by atoms with Gasteiger partial charge in [-0.25, -0.2) is 9.78 Å². The van der Waals surface area contributed by atoms with E-state index in [4.69, 9.17) is 5.11 Å². The maximum Gasteiger partial charge on any atom is 0.335 e. The molecule has 0 bridgehead atoms. The van der Waals surface area contributed by atoms with Gasteiger partial charge in [0, 0.05) is 0 Å². The van der Waals surface area contributed by atoms with Gasteiger partial charge in [-0.05, 0) is 29.8 Å². The van der Waals surface area contributed by atoms with Crippen molar-refractivity contribution in [1.29, 1.82) is 0 Å². The minimum Gasteiger partial charge on any atom is -0.478 e. The lowest BCUT2D eigenvalue weighted by molar-refractivity contribution is 0.0697. The van der Waals surface area contributed by atoms with Gasteiger partial charge in [-0.15, -0.1) is 0 Å². The van der Waals surface area contributed by atoms with E-state index in [9.17, 15) is 4.79 Å². The van der Waals surface area contributed by atoms with Crippen LogP contribution in [-0.4, -0.2) is 20.5 Å². The third-order valence-electron chi connectivity index (χ3n) is 2.88. The molecule has 0 amide bonds. The fourth-order valence-corrected chi connectivity index (χ4v) is 1.97. The van der Waals surface area contributed by atoms with Gasteiger partial charge in [0.05, 0.1) is 29.3 Å². The largest absolute Gasteiger partial charge is 0.478 e. The molecular formula is C14H10N2O2. The summed E-state index contributed by atoms with van der Waals surface area (Å²) in [5.74, 6) is -0.914. The number of carboxylic acid groups (broad SMARTS) is 1. The molecule has 88 valence electrons. The van der Waals surface area contributed by atoms with Crippen LogP contribution in [0.4, 0.5) is 0 Å². The van der Waals surface area contributed by atoms with Gasteiger partial charge in [0.15, 0.2) is 0 Å². The molecule has 1 aromatic carbocycles. The number of imidazole rings is 1. The molecule has 0 saturated carbocycles. The Morgan fingerprint density at radius 3 is 2.61 bits per heavy atom. The molecule has 0 atom stereocenters. The molecule has 4 nitrogen and oxygen atoms in total. The first kappa shape index (κ1) is 10.5. The first-order chi connectivity index (χ1) is 8.75. The zero-order chi connectivity index (χ0) is 12.5. The van der Waals surface area contributed by atoms with Gasteiger partial charge in [-0.3, -0.25) is 4.40 Å². The number of carboxylic acids is 1. The van der Waals surface area contributed by atoms with Crippen LogP contribution in [0.3, 0.4) is 0 Å². The Morgan fingerprint density at radius 2 is 1.89 bits per heavy atom. The number of benzene rings is 1. The van der Waals surface area contributed by atoms with Gasteiger partial charge < -0.3 is 5.11 Å². The molecule has 3 rings (SSSR count). The Kier molecular flexibility index (Phi) is 2.34. The highest BCUT2D eigenvalue weighted by Gasteiger charge is 2.05. The molecule has 0 aliphatic heterocycles. The smallest absolute Gasteiger partial charge is 0.335 e. The average molecular weight is 238 g/mol. The topological polar surface area (TPSA) is 54.6 Å². The van der Waals surface area contributed by atoms with E-state index in [1.54, 1.807) is 36.8 Å². The number of carbonyl (C=O) groups is 1. The molecule has 0 aliphatic rings. The molecule has 2 aromatic heterocycles. The Balaban J connectivity index is 2.14. The molecule has 0 saturated heterocycles. The van der Waals surface area contributed by atoms with E-state index in [1.165, 1.54) is 0 Å². The third kappa shape index (κ3) is 1.64. The monoisotopic (exact) mass is 238 g/mol. The van der Waals surface area contributed by atoms with Gasteiger partial charge in [0.2, 0.25) is 0 Å². The van der Waals surface area contributed by atoms with Crippen molar-refractivity contribution < 1.29 is 9.90 Å². The summed E-state index contributed by atoms with van der Waals surface area (Å²) >= 11 is 0. The summed E-state index contributed by atoms with van der Waals surface area (Å²) in [5, 5.41) is 8.87. The van der Waals surface area contributed by atoms with Gasteiger partial charge in [-0.2, -0.15) is 0 Å². The average Bonchev–Trinajstić information content (AvgIpc) is 2.87. The van der Waals surface area contributed by atoms with Crippen LogP contribution < -0.4 is 0 Å². The lowest BCUT2D eigenvalue weighted by Crippen LogP contribution is -1.96. The highest BCUT2D eigenvalue weighted by molar-refractivity contribution is 5.88. The molecule has 0 aliphatic carbocycles. The molecule has 18 heavy (non-hydrogen) atoms. The molecule has 0 unspecified atom stereocenters. The van der Waals surface area contributed by atoms with Gasteiger partial charge >= 0.3 is 5.97 Å². The van der Waals surface area contributed by atoms with Crippen LogP contribution in [0.2, 0.25) is 0 Å². The standard InChI is InChI=1S/C14H10N2O2/c17-14(18)11-6-4-10(5-7-11)13-3-1-2-12-8-15-9-16(12)13/h1-9H,(H,17,18). The van der Waals surface area contributed by atoms with Crippen molar-refractivity contribution in [2.45, 2.75) is 0 Å². The molecule has 0 radical (unpaired) electrons. The number of aromatic nitrogens is 2. The summed E-state index contributed by atoms with van der Waals surface area (Å²) in [7, 11) is 0. The van der Waals surface area contributed by atoms with E-state index in [2.05, 4.69) is 4.98 Å². The van der Waals surface area contributed by atoms with Crippen molar-refractivity contribution in [3.05, 3.63) is 60.6 Å². The van der Waals surface area contributed by atoms with Crippen molar-refractivity contribution in [3.63, 3.8) is 0 Å². The Hall–Kier alpha value is -2.62. The molecule has 1 N–H and O–H groups in total. The van der Waals surface area contributed by atoms with Crippen molar-refractivity contribution in [1.82, 2.24) is 9.38 Å². The van der Waals surface area contributed by atoms with E-state index < -0.39 is 5.97 Å². The first-order valence-corrected chi connectivity index (χ1v) is 5.50. The zero-order valence-electron chi connectivity index (χ0n) is 9.45. The second kappa shape index (κ2) is 4.00. The number of hydrogen-bond donors (Lipinski definition) is 1. The summed E-state index contributed by atoms with van der Waals surface area (Å²) in [4.78, 5) is 14.9. The maximum atomic E-state index is 10.8. The number of hydrogen-bond acceptors (Lipinski definition) is 2. The van der Waals surface area contributed by atoms with E-state index in [1.807, 2.05) is 22.6 Å². The summed E-state index contributed by atoms with van der Waals surface area (Å²) in [6.07, 6.45) is 3.53. The van der Waals surface area contributed by atoms with Crippen LogP contribution in [0, 0.1) is 0 Å². The first-order valence-electron chi connectivity index (χ1n) is 5.50. The lowest BCUT2D eigenvalue weighted by atomic mass is 10.1. The second-order valence-corrected chi connectivity index (χ2v) is 3.98. The summed E-state index contributed by atoms with van der Waals surface area (Å²) < 4.78 is 1.97. The number of fused-ring (bicyclic) bond motifs is 1. The second-order valence-electron chi connectivity index (χ2n) is 3.98. The lowest BCUT2D eigenvalue weighted by Gasteiger charge is -2.05. The van der Waals surface area contributed by atoms with Crippen LogP contribution in [0.5, 0.6) is 0 Å². The fourth-order valence-electron chi connectivity index (χ4n) is 1.97. The maximum absolute atomic E-state index is 10.8. The van der Waals surface area contributed by atoms with Crippen LogP contribution in [0.25, 0.3) is 16.8 Å². The minimum absolute atomic E-state index is 0.288. The van der Waals surface area contributed by atoms with Gasteiger partial charge in [0.25, 0.3) is 0 Å². The number of aromatic carboxylic acids is 1. The van der Waals surface area contributed by atoms with Crippen molar-refractivity contribution in [2.75, 3.05) is 0 Å². The van der Waals surface area contributed by atoms with Gasteiger partial charge in [0.1, 0.15) is 0 Å². The molecule has 4 heteroatoms. The third-order valence-corrected chi connectivity index (χ3v) is 2.88. The summed E-state index contributed by atoms with van der Waals surface area (Å²) in [5.41, 5.74) is 3.25. The summed E-state index contributed by atoms with van der Waals surface area (Å²) in [6.45, 7) is 0. The van der Waals surface area contributed by atoms with E-state index >= 15 is 0 Å². The molecule has 3 aromatic rings. The highest BCUT2D eigenvalue weighted by Crippen LogP contribution is 2.21.